The summed E-state index contributed by atoms with van der Waals surface area (Å²) in [6, 6.07) is -0.975. The van der Waals surface area contributed by atoms with Gasteiger partial charge in [-0.15, -0.1) is 23.1 Å². The highest BCUT2D eigenvalue weighted by molar-refractivity contribution is 8.00. The second-order valence-electron chi connectivity index (χ2n) is 8.04. The number of fused-ring (bicyclic) bond motifs is 1. The van der Waals surface area contributed by atoms with Gasteiger partial charge in [0.15, 0.2) is 10.8 Å². The number of thiazole rings is 1. The summed E-state index contributed by atoms with van der Waals surface area (Å²) in [6.45, 7) is 11.9. The van der Waals surface area contributed by atoms with Gasteiger partial charge in [0.1, 0.15) is 29.4 Å². The number of nitrogens with two attached hydrogens (primary N) is 1. The Labute approximate surface area is 226 Å². The summed E-state index contributed by atoms with van der Waals surface area (Å²) in [5.41, 5.74) is 6.08. The molecule has 38 heavy (non-hydrogen) atoms. The number of oxime groups is 1. The lowest BCUT2D eigenvalue weighted by atomic mass is 10.0. The maximum Gasteiger partial charge on any atom is 0.511 e. The van der Waals surface area contributed by atoms with Gasteiger partial charge in [-0.1, -0.05) is 30.5 Å². The molecule has 1 aromatic heterocycles. The van der Waals surface area contributed by atoms with Crippen LogP contribution in [0.2, 0.25) is 0 Å². The van der Waals surface area contributed by atoms with Crippen molar-refractivity contribution < 1.29 is 38.2 Å². The molecule has 13 nitrogen and oxygen atoms in total. The van der Waals surface area contributed by atoms with Gasteiger partial charge in [0.25, 0.3) is 11.8 Å². The zero-order valence-corrected chi connectivity index (χ0v) is 22.5. The molecule has 0 saturated carbocycles. The van der Waals surface area contributed by atoms with E-state index >= 15 is 0 Å². The molecule has 2 unspecified atom stereocenters. The normalized spacial score (nSPS) is 19.6. The minimum atomic E-state index is -1.29. The van der Waals surface area contributed by atoms with Gasteiger partial charge in [0, 0.05) is 18.1 Å². The molecule has 0 spiro atoms. The molecule has 0 aromatic carbocycles. The minimum absolute atomic E-state index is 0.0446. The Kier molecular flexibility index (Phi) is 9.52. The van der Waals surface area contributed by atoms with E-state index in [0.29, 0.717) is 11.3 Å². The van der Waals surface area contributed by atoms with E-state index in [9.17, 15) is 19.2 Å². The standard InChI is InChI=1S/C23H27N5O8S2/c1-6-8-33-27-15(14-10-38-22(24)25-14)18(29)26-16-19(30)28-17(13(7-2)9-37-20(16)28)21(31)35-12(5)36-23(32)34-11(3)4/h6-7,10-12,16,20H,1-2,8-9H2,3-5H3,(H2,24,25)(H,26,29)/t12?,16?,20-/m1/s1. The number of carbonyl (C=O) groups is 4. The predicted molar refractivity (Wildman–Crippen MR) is 140 cm³/mol. The molecule has 1 aromatic rings. The van der Waals surface area contributed by atoms with Crippen LogP contribution in [-0.2, 0) is 33.4 Å². The van der Waals surface area contributed by atoms with E-state index in [0.717, 1.165) is 11.3 Å². The first kappa shape index (κ1) is 28.7. The first-order chi connectivity index (χ1) is 18.1. The smallest absolute Gasteiger partial charge is 0.431 e. The number of β-lactam (4-membered cyclic amide) rings is 1. The average molecular weight is 566 g/mol. The molecule has 2 aliphatic rings. The van der Waals surface area contributed by atoms with Crippen molar-refractivity contribution >= 4 is 57.9 Å². The van der Waals surface area contributed by atoms with Crippen LogP contribution in [0.5, 0.6) is 0 Å². The first-order valence-corrected chi connectivity index (χ1v) is 13.2. The lowest BCUT2D eigenvalue weighted by Gasteiger charge is -2.49. The first-order valence-electron chi connectivity index (χ1n) is 11.3. The Morgan fingerprint density at radius 1 is 1.29 bits per heavy atom. The SMILES string of the molecule is C=CCON=C(C(=O)NC1C(=O)N2C(C(=O)OC(C)OC(=O)OC(C)C)=C(C=C)CS[C@H]12)c1csc(N)n1. The molecule has 3 atom stereocenters. The quantitative estimate of drug-likeness (QED) is 0.0764. The number of nitrogen functional groups attached to an aromatic ring is 1. The van der Waals surface area contributed by atoms with Crippen LogP contribution in [-0.4, -0.2) is 75.7 Å². The van der Waals surface area contributed by atoms with Crippen LogP contribution in [0.15, 0.2) is 47.1 Å². The molecular formula is C23H27N5O8S2. The van der Waals surface area contributed by atoms with Crippen LogP contribution in [0.25, 0.3) is 0 Å². The van der Waals surface area contributed by atoms with Crippen molar-refractivity contribution in [1.29, 1.82) is 0 Å². The van der Waals surface area contributed by atoms with Crippen molar-refractivity contribution in [3.63, 3.8) is 0 Å². The van der Waals surface area contributed by atoms with E-state index in [1.807, 2.05) is 0 Å². The van der Waals surface area contributed by atoms with E-state index in [2.05, 4.69) is 28.6 Å². The van der Waals surface area contributed by atoms with Crippen LogP contribution >= 0.6 is 23.1 Å². The number of ether oxygens (including phenoxy) is 3. The highest BCUT2D eigenvalue weighted by atomic mass is 32.2. The topological polar surface area (TPSA) is 172 Å². The minimum Gasteiger partial charge on any atom is -0.431 e. The van der Waals surface area contributed by atoms with Crippen molar-refractivity contribution in [3.05, 3.63) is 47.7 Å². The van der Waals surface area contributed by atoms with Crippen LogP contribution in [0.4, 0.5) is 9.93 Å². The number of anilines is 1. The molecule has 204 valence electrons. The molecule has 3 N–H and O–H groups in total. The largest absolute Gasteiger partial charge is 0.511 e. The third-order valence-corrected chi connectivity index (χ3v) is 6.90. The Balaban J connectivity index is 1.73. The highest BCUT2D eigenvalue weighted by Crippen LogP contribution is 2.41. The molecule has 2 aliphatic heterocycles. The van der Waals surface area contributed by atoms with Crippen LogP contribution in [0, 0.1) is 0 Å². The summed E-state index contributed by atoms with van der Waals surface area (Å²) >= 11 is 2.43. The molecule has 15 heteroatoms. The monoisotopic (exact) mass is 565 g/mol. The molecule has 1 fully saturated rings. The summed E-state index contributed by atoms with van der Waals surface area (Å²) in [4.78, 5) is 61.2. The number of rotatable bonds is 11. The Bertz CT molecular complexity index is 1190. The summed E-state index contributed by atoms with van der Waals surface area (Å²) in [5, 5.41) is 7.59. The number of carbonyl (C=O) groups excluding carboxylic acids is 4. The van der Waals surface area contributed by atoms with Gasteiger partial charge in [-0.05, 0) is 19.4 Å². The molecule has 1 saturated heterocycles. The molecule has 0 bridgehead atoms. The highest BCUT2D eigenvalue weighted by Gasteiger charge is 2.54. The van der Waals surface area contributed by atoms with Gasteiger partial charge >= 0.3 is 12.1 Å². The van der Waals surface area contributed by atoms with Crippen molar-refractivity contribution in [1.82, 2.24) is 15.2 Å². The number of allylic oxidation sites excluding steroid dienone is 1. The number of aromatic nitrogens is 1. The molecular weight excluding hydrogens is 538 g/mol. The van der Waals surface area contributed by atoms with E-state index < -0.39 is 47.7 Å². The lowest BCUT2D eigenvalue weighted by Crippen LogP contribution is -2.71. The zero-order valence-electron chi connectivity index (χ0n) is 20.9. The molecule has 3 rings (SSSR count). The summed E-state index contributed by atoms with van der Waals surface area (Å²) in [6.07, 6.45) is 0.173. The molecule has 2 amide bonds. The number of thioether (sulfide) groups is 1. The van der Waals surface area contributed by atoms with E-state index in [1.165, 1.54) is 41.1 Å². The fourth-order valence-electron chi connectivity index (χ4n) is 3.34. The van der Waals surface area contributed by atoms with Crippen LogP contribution in [0.1, 0.15) is 26.5 Å². The number of hydrogen-bond donors (Lipinski definition) is 2. The van der Waals surface area contributed by atoms with Crippen molar-refractivity contribution in [2.75, 3.05) is 18.1 Å². The molecule has 3 heterocycles. The second kappa shape index (κ2) is 12.6. The Hall–Kier alpha value is -3.85. The van der Waals surface area contributed by atoms with Gasteiger partial charge in [0.2, 0.25) is 6.29 Å². The van der Waals surface area contributed by atoms with Crippen molar-refractivity contribution in [2.24, 2.45) is 5.16 Å². The summed E-state index contributed by atoms with van der Waals surface area (Å²) < 4.78 is 15.0. The second-order valence-corrected chi connectivity index (χ2v) is 10.0. The Morgan fingerprint density at radius 2 is 2.03 bits per heavy atom. The van der Waals surface area contributed by atoms with E-state index in [1.54, 1.807) is 13.8 Å². The van der Waals surface area contributed by atoms with Gasteiger partial charge in [0.05, 0.1) is 6.10 Å². The third kappa shape index (κ3) is 6.52. The van der Waals surface area contributed by atoms with Gasteiger partial charge in [-0.3, -0.25) is 14.5 Å². The number of hydrogen-bond acceptors (Lipinski definition) is 13. The van der Waals surface area contributed by atoms with Gasteiger partial charge in [-0.25, -0.2) is 14.6 Å². The lowest BCUT2D eigenvalue weighted by molar-refractivity contribution is -0.169. The number of nitrogens with zero attached hydrogens (tertiary/aromatic N) is 3. The predicted octanol–water partition coefficient (Wildman–Crippen LogP) is 1.92. The van der Waals surface area contributed by atoms with Crippen molar-refractivity contribution in [3.8, 4) is 0 Å². The van der Waals surface area contributed by atoms with Gasteiger partial charge < -0.3 is 30.1 Å². The third-order valence-electron chi connectivity index (χ3n) is 4.92. The summed E-state index contributed by atoms with van der Waals surface area (Å²) in [7, 11) is 0. The van der Waals surface area contributed by atoms with Crippen LogP contribution < -0.4 is 11.1 Å². The van der Waals surface area contributed by atoms with Crippen molar-refractivity contribution in [2.45, 2.75) is 44.6 Å². The fraction of sp³-hybridized carbons (Fsp3) is 0.391. The maximum absolute atomic E-state index is 13.1. The fourth-order valence-corrected chi connectivity index (χ4v) is 5.23. The summed E-state index contributed by atoms with van der Waals surface area (Å²) in [5.74, 6) is -1.86. The van der Waals surface area contributed by atoms with E-state index in [-0.39, 0.29) is 28.8 Å². The Morgan fingerprint density at radius 3 is 2.63 bits per heavy atom. The number of esters is 1. The van der Waals surface area contributed by atoms with Gasteiger partial charge in [-0.2, -0.15) is 0 Å². The molecule has 0 radical (unpaired) electrons. The molecule has 0 aliphatic carbocycles. The average Bonchev–Trinajstić information content (AvgIpc) is 3.28. The number of amides is 2. The zero-order chi connectivity index (χ0) is 28.0. The maximum atomic E-state index is 13.1. The van der Waals surface area contributed by atoms with E-state index in [4.69, 9.17) is 24.8 Å². The number of nitrogens with one attached hydrogen (secondary N) is 1. The van der Waals surface area contributed by atoms with Crippen LogP contribution in [0.3, 0.4) is 0 Å².